The molecule has 148 valence electrons. The second-order valence-electron chi connectivity index (χ2n) is 7.98. The number of hydrogen-bond acceptors (Lipinski definition) is 4. The summed E-state index contributed by atoms with van der Waals surface area (Å²) in [5, 5.41) is 10.7. The highest BCUT2D eigenvalue weighted by Gasteiger charge is 2.15. The van der Waals surface area contributed by atoms with Gasteiger partial charge in [0.15, 0.2) is 11.7 Å². The van der Waals surface area contributed by atoms with E-state index in [9.17, 15) is 0 Å². The Morgan fingerprint density at radius 3 is 2.48 bits per heavy atom. The number of ether oxygens (including phenoxy) is 1. The van der Waals surface area contributed by atoms with Crippen LogP contribution >= 0.6 is 0 Å². The van der Waals surface area contributed by atoms with Crippen LogP contribution in [0.2, 0.25) is 0 Å². The lowest BCUT2D eigenvalue weighted by atomic mass is 10.1. The lowest BCUT2D eigenvalue weighted by Gasteiger charge is -2.24. The molecular formula is C21H32N4O2. The molecule has 6 heteroatoms. The van der Waals surface area contributed by atoms with Gasteiger partial charge in [0.05, 0.1) is 12.2 Å². The highest BCUT2D eigenvalue weighted by Crippen LogP contribution is 2.24. The van der Waals surface area contributed by atoms with Gasteiger partial charge in [0, 0.05) is 25.2 Å². The number of aromatic nitrogens is 1. The van der Waals surface area contributed by atoms with E-state index >= 15 is 0 Å². The number of benzene rings is 1. The fourth-order valence-electron chi connectivity index (χ4n) is 2.49. The third-order valence-corrected chi connectivity index (χ3v) is 3.91. The summed E-state index contributed by atoms with van der Waals surface area (Å²) in [6.07, 6.45) is 0. The van der Waals surface area contributed by atoms with E-state index < -0.39 is 0 Å². The van der Waals surface area contributed by atoms with Crippen LogP contribution in [0.25, 0.3) is 0 Å². The molecule has 0 saturated carbocycles. The molecule has 1 aromatic carbocycles. The predicted octanol–water partition coefficient (Wildman–Crippen LogP) is 4.15. The molecule has 1 aromatic heterocycles. The summed E-state index contributed by atoms with van der Waals surface area (Å²) in [6, 6.07) is 8.22. The number of nitrogens with zero attached hydrogens (tertiary/aromatic N) is 2. The van der Waals surface area contributed by atoms with Crippen molar-refractivity contribution in [2.45, 2.75) is 66.2 Å². The van der Waals surface area contributed by atoms with Crippen molar-refractivity contribution in [3.05, 3.63) is 46.8 Å². The van der Waals surface area contributed by atoms with Gasteiger partial charge in [0.2, 0.25) is 0 Å². The largest absolute Gasteiger partial charge is 0.488 e. The van der Waals surface area contributed by atoms with E-state index in [2.05, 4.69) is 80.5 Å². The van der Waals surface area contributed by atoms with Crippen molar-refractivity contribution in [2.24, 2.45) is 4.99 Å². The first-order valence-corrected chi connectivity index (χ1v) is 9.36. The van der Waals surface area contributed by atoms with Crippen LogP contribution in [-0.2, 0) is 13.1 Å². The lowest BCUT2D eigenvalue weighted by Crippen LogP contribution is -2.36. The zero-order valence-electron chi connectivity index (χ0n) is 17.5. The molecule has 0 amide bonds. The zero-order chi connectivity index (χ0) is 20.0. The van der Waals surface area contributed by atoms with Gasteiger partial charge in [-0.1, -0.05) is 31.1 Å². The average molecular weight is 373 g/mol. The third kappa shape index (κ3) is 6.62. The van der Waals surface area contributed by atoms with Crippen LogP contribution in [0.3, 0.4) is 0 Å². The second-order valence-corrected chi connectivity index (χ2v) is 7.98. The van der Waals surface area contributed by atoms with Crippen LogP contribution in [0.1, 0.15) is 63.1 Å². The van der Waals surface area contributed by atoms with E-state index in [1.807, 2.05) is 6.07 Å². The summed E-state index contributed by atoms with van der Waals surface area (Å²) in [4.78, 5) is 4.27. The smallest absolute Gasteiger partial charge is 0.191 e. The van der Waals surface area contributed by atoms with Crippen LogP contribution in [0.15, 0.2) is 33.8 Å². The van der Waals surface area contributed by atoms with Gasteiger partial charge in [-0.2, -0.15) is 0 Å². The normalized spacial score (nSPS) is 12.4. The molecule has 6 nitrogen and oxygen atoms in total. The number of hydrogen-bond donors (Lipinski definition) is 2. The van der Waals surface area contributed by atoms with Crippen molar-refractivity contribution < 1.29 is 9.26 Å². The Labute approximate surface area is 162 Å². The first-order valence-electron chi connectivity index (χ1n) is 9.36. The minimum Gasteiger partial charge on any atom is -0.488 e. The maximum absolute atomic E-state index is 6.11. The fraction of sp³-hybridized carbons (Fsp3) is 0.524. The molecule has 1 heterocycles. The molecule has 0 aliphatic carbocycles. The molecule has 0 atom stereocenters. The molecule has 0 fully saturated rings. The number of nitrogens with one attached hydrogen (secondary N) is 2. The average Bonchev–Trinajstić information content (AvgIpc) is 3.04. The Morgan fingerprint density at radius 2 is 1.89 bits per heavy atom. The molecule has 2 N–H and O–H groups in total. The maximum atomic E-state index is 6.11. The minimum atomic E-state index is -0.247. The first-order chi connectivity index (χ1) is 12.7. The Kier molecular flexibility index (Phi) is 6.88. The Hall–Kier alpha value is -2.50. The zero-order valence-corrected chi connectivity index (χ0v) is 17.5. The standard InChI is InChI=1S/C21H32N4O2/c1-14(2)18-11-17(27-25-18)13-24-20(22-7)23-12-16-9-8-15(3)10-19(16)26-21(4,5)6/h8-11,14H,12-13H2,1-7H3,(H2,22,23,24). The van der Waals surface area contributed by atoms with Gasteiger partial charge in [0.25, 0.3) is 0 Å². The van der Waals surface area contributed by atoms with Gasteiger partial charge in [-0.25, -0.2) is 0 Å². The van der Waals surface area contributed by atoms with Crippen LogP contribution < -0.4 is 15.4 Å². The fourth-order valence-corrected chi connectivity index (χ4v) is 2.49. The SMILES string of the molecule is CN=C(NCc1cc(C(C)C)no1)NCc1ccc(C)cc1OC(C)(C)C. The lowest BCUT2D eigenvalue weighted by molar-refractivity contribution is 0.129. The van der Waals surface area contributed by atoms with E-state index in [-0.39, 0.29) is 5.60 Å². The van der Waals surface area contributed by atoms with E-state index in [0.29, 0.717) is 25.0 Å². The van der Waals surface area contributed by atoms with Crippen molar-refractivity contribution >= 4 is 5.96 Å². The molecule has 0 aliphatic heterocycles. The predicted molar refractivity (Wildman–Crippen MR) is 109 cm³/mol. The minimum absolute atomic E-state index is 0.247. The van der Waals surface area contributed by atoms with Gasteiger partial charge in [-0.15, -0.1) is 0 Å². The highest BCUT2D eigenvalue weighted by molar-refractivity contribution is 5.79. The number of rotatable bonds is 6. The van der Waals surface area contributed by atoms with E-state index in [4.69, 9.17) is 9.26 Å². The summed E-state index contributed by atoms with van der Waals surface area (Å²) < 4.78 is 11.5. The van der Waals surface area contributed by atoms with Crippen molar-refractivity contribution in [1.29, 1.82) is 0 Å². The Balaban J connectivity index is 1.97. The molecule has 2 rings (SSSR count). The summed E-state index contributed by atoms with van der Waals surface area (Å²) in [6.45, 7) is 13.5. The number of guanidine groups is 1. The summed E-state index contributed by atoms with van der Waals surface area (Å²) >= 11 is 0. The monoisotopic (exact) mass is 372 g/mol. The molecule has 0 unspecified atom stereocenters. The van der Waals surface area contributed by atoms with Crippen LogP contribution in [0, 0.1) is 6.92 Å². The van der Waals surface area contributed by atoms with Gasteiger partial charge >= 0.3 is 0 Å². The molecular weight excluding hydrogens is 340 g/mol. The van der Waals surface area contributed by atoms with Gasteiger partial charge in [-0.3, -0.25) is 4.99 Å². The van der Waals surface area contributed by atoms with Gasteiger partial charge in [-0.05, 0) is 45.2 Å². The number of aryl methyl sites for hydroxylation is 1. The van der Waals surface area contributed by atoms with Crippen molar-refractivity contribution in [3.8, 4) is 5.75 Å². The van der Waals surface area contributed by atoms with E-state index in [0.717, 1.165) is 22.8 Å². The Bertz CT molecular complexity index is 773. The highest BCUT2D eigenvalue weighted by atomic mass is 16.5. The maximum Gasteiger partial charge on any atom is 0.191 e. The summed E-state index contributed by atoms with van der Waals surface area (Å²) in [5.74, 6) is 2.72. The van der Waals surface area contributed by atoms with Gasteiger partial charge in [0.1, 0.15) is 11.4 Å². The molecule has 0 saturated heterocycles. The van der Waals surface area contributed by atoms with Crippen molar-refractivity contribution in [1.82, 2.24) is 15.8 Å². The molecule has 0 bridgehead atoms. The van der Waals surface area contributed by atoms with Crippen molar-refractivity contribution in [3.63, 3.8) is 0 Å². The molecule has 0 aliphatic rings. The van der Waals surface area contributed by atoms with E-state index in [1.54, 1.807) is 7.05 Å². The summed E-state index contributed by atoms with van der Waals surface area (Å²) in [5.41, 5.74) is 2.97. The Morgan fingerprint density at radius 1 is 1.19 bits per heavy atom. The van der Waals surface area contributed by atoms with Crippen LogP contribution in [0.5, 0.6) is 5.75 Å². The topological polar surface area (TPSA) is 71.7 Å². The molecule has 2 aromatic rings. The quantitative estimate of drug-likeness (QED) is 0.589. The number of aliphatic imine (C=N–C) groups is 1. The van der Waals surface area contributed by atoms with E-state index in [1.165, 1.54) is 5.56 Å². The first kappa shape index (κ1) is 20.8. The molecule has 0 radical (unpaired) electrons. The summed E-state index contributed by atoms with van der Waals surface area (Å²) in [7, 11) is 1.75. The van der Waals surface area contributed by atoms with Crippen LogP contribution in [0.4, 0.5) is 0 Å². The molecule has 0 spiro atoms. The van der Waals surface area contributed by atoms with Gasteiger partial charge < -0.3 is 19.9 Å². The third-order valence-electron chi connectivity index (χ3n) is 3.91. The van der Waals surface area contributed by atoms with Crippen LogP contribution in [-0.4, -0.2) is 23.8 Å². The second kappa shape index (κ2) is 8.93. The molecule has 27 heavy (non-hydrogen) atoms. The van der Waals surface area contributed by atoms with Crippen molar-refractivity contribution in [2.75, 3.05) is 7.05 Å².